The van der Waals surface area contributed by atoms with Crippen LogP contribution in [0.3, 0.4) is 0 Å². The zero-order valence-electron chi connectivity index (χ0n) is 13.5. The quantitative estimate of drug-likeness (QED) is 0.199. The number of hydrogen-bond donors (Lipinski definition) is 6. The number of carbonyl (C=O) groups excluding carboxylic acids is 1. The van der Waals surface area contributed by atoms with E-state index in [1.807, 2.05) is 0 Å². The van der Waals surface area contributed by atoms with E-state index in [4.69, 9.17) is 16.3 Å². The molecule has 7 atom stereocenters. The van der Waals surface area contributed by atoms with Crippen LogP contribution in [0.5, 0.6) is 0 Å². The number of rotatable bonds is 7. The third-order valence-corrected chi connectivity index (χ3v) is 4.10. The van der Waals surface area contributed by atoms with Crippen molar-refractivity contribution in [3.05, 3.63) is 0 Å². The third-order valence-electron chi connectivity index (χ3n) is 4.10. The van der Waals surface area contributed by atoms with Crippen LogP contribution in [0.1, 0.15) is 12.8 Å². The van der Waals surface area contributed by atoms with Crippen LogP contribution in [0, 0.1) is 12.3 Å². The van der Waals surface area contributed by atoms with E-state index in [-0.39, 0.29) is 12.8 Å². The SMILES string of the molecule is B[C@@]1(C(=O)O)OC([C@H](O)[C@H](O)CO)C(NC(=O)CCC#C)C(O)C1F. The summed E-state index contributed by atoms with van der Waals surface area (Å²) in [6, 6.07) is -1.57. The lowest BCUT2D eigenvalue weighted by atomic mass is 9.70. The molecular weight excluding hydrogens is 340 g/mol. The highest BCUT2D eigenvalue weighted by Gasteiger charge is 2.58. The summed E-state index contributed by atoms with van der Waals surface area (Å²) >= 11 is 0. The van der Waals surface area contributed by atoms with Crippen molar-refractivity contribution >= 4 is 19.7 Å². The first-order valence-electron chi connectivity index (χ1n) is 7.53. The van der Waals surface area contributed by atoms with Crippen molar-refractivity contribution in [2.75, 3.05) is 6.61 Å². The highest BCUT2D eigenvalue weighted by molar-refractivity contribution is 6.26. The summed E-state index contributed by atoms with van der Waals surface area (Å²) in [5, 5.41) is 50.2. The van der Waals surface area contributed by atoms with E-state index >= 15 is 0 Å². The number of ether oxygens (including phenoxy) is 1. The molecule has 6 N–H and O–H groups in total. The summed E-state index contributed by atoms with van der Waals surface area (Å²) in [6.45, 7) is -0.905. The van der Waals surface area contributed by atoms with Crippen molar-refractivity contribution in [1.82, 2.24) is 5.32 Å². The van der Waals surface area contributed by atoms with E-state index in [0.717, 1.165) is 7.85 Å². The lowest BCUT2D eigenvalue weighted by Gasteiger charge is -2.47. The Morgan fingerprint density at radius 3 is 2.52 bits per heavy atom. The van der Waals surface area contributed by atoms with E-state index in [1.165, 1.54) is 0 Å². The zero-order chi connectivity index (χ0) is 19.4. The minimum absolute atomic E-state index is 0.0634. The third kappa shape index (κ3) is 4.48. The van der Waals surface area contributed by atoms with Gasteiger partial charge < -0.3 is 35.6 Å². The fourth-order valence-corrected chi connectivity index (χ4v) is 2.51. The number of aliphatic hydroxyl groups excluding tert-OH is 4. The topological polar surface area (TPSA) is 157 Å². The second-order valence-electron chi connectivity index (χ2n) is 5.92. The normalized spacial score (nSPS) is 34.6. The van der Waals surface area contributed by atoms with Crippen LogP contribution in [0.15, 0.2) is 0 Å². The maximum atomic E-state index is 14.4. The molecule has 0 aromatic rings. The predicted molar refractivity (Wildman–Crippen MR) is 83.8 cm³/mol. The summed E-state index contributed by atoms with van der Waals surface area (Å²) in [4.78, 5) is 23.2. The molecule has 1 rings (SSSR count). The van der Waals surface area contributed by atoms with E-state index in [0.29, 0.717) is 0 Å². The Balaban J connectivity index is 3.14. The molecule has 0 spiro atoms. The van der Waals surface area contributed by atoms with Gasteiger partial charge in [-0.15, -0.1) is 12.3 Å². The first kappa shape index (κ1) is 21.3. The number of nitrogens with one attached hydrogen (secondary N) is 1. The first-order valence-corrected chi connectivity index (χ1v) is 7.53. The lowest BCUT2D eigenvalue weighted by molar-refractivity contribution is -0.228. The van der Waals surface area contributed by atoms with Gasteiger partial charge in [0.15, 0.2) is 19.5 Å². The molecule has 1 aliphatic heterocycles. The largest absolute Gasteiger partial charge is 0.480 e. The van der Waals surface area contributed by atoms with Crippen molar-refractivity contribution in [2.45, 2.75) is 55.0 Å². The molecular formula is C14H21BFNO8. The van der Waals surface area contributed by atoms with Crippen LogP contribution in [0.2, 0.25) is 0 Å². The standard InChI is InChI=1S/C14H21BFNO8/c1-2-3-4-7(20)17-8-10(22)12(16)14(15,13(23)24)25-11(8)9(21)6(19)5-18/h1,6,8-12,18-19,21-22H,3-5,15H2,(H,17,20)(H,23,24)/t6-,8?,9-,10?,11?,12?,14-/m1/s1. The van der Waals surface area contributed by atoms with E-state index in [2.05, 4.69) is 11.2 Å². The zero-order valence-corrected chi connectivity index (χ0v) is 13.5. The first-order chi connectivity index (χ1) is 11.6. The van der Waals surface area contributed by atoms with Gasteiger partial charge in [-0.25, -0.2) is 9.18 Å². The molecule has 1 heterocycles. The van der Waals surface area contributed by atoms with Crippen LogP contribution >= 0.6 is 0 Å². The molecule has 4 unspecified atom stereocenters. The lowest BCUT2D eigenvalue weighted by Crippen LogP contribution is -2.72. The highest BCUT2D eigenvalue weighted by atomic mass is 19.1. The fraction of sp³-hybridized carbons (Fsp3) is 0.714. The smallest absolute Gasteiger partial charge is 0.329 e. The number of carboxylic acid groups (broad SMARTS) is 1. The number of carboxylic acids is 1. The number of amides is 1. The molecule has 0 bridgehead atoms. The Hall–Kier alpha value is -1.71. The number of alkyl halides is 1. The molecule has 0 aromatic carbocycles. The molecule has 0 aromatic heterocycles. The number of aliphatic carboxylic acids is 1. The molecule has 0 aliphatic carbocycles. The van der Waals surface area contributed by atoms with Gasteiger partial charge in [0.05, 0.1) is 12.6 Å². The van der Waals surface area contributed by atoms with E-state index in [1.54, 1.807) is 0 Å². The average Bonchev–Trinajstić information content (AvgIpc) is 2.58. The molecule has 0 saturated carbocycles. The summed E-state index contributed by atoms with van der Waals surface area (Å²) < 4.78 is 19.5. The maximum absolute atomic E-state index is 14.4. The minimum Gasteiger partial charge on any atom is -0.480 e. The summed E-state index contributed by atoms with van der Waals surface area (Å²) in [6.07, 6.45) is -4.90. The Labute approximate surface area is 144 Å². The molecule has 11 heteroatoms. The maximum Gasteiger partial charge on any atom is 0.329 e. The summed E-state index contributed by atoms with van der Waals surface area (Å²) in [5.74, 6) is -0.215. The van der Waals surface area contributed by atoms with Gasteiger partial charge in [-0.2, -0.15) is 0 Å². The minimum atomic E-state index is -2.53. The van der Waals surface area contributed by atoms with Crippen molar-refractivity contribution < 1.29 is 44.2 Å². The molecule has 140 valence electrons. The van der Waals surface area contributed by atoms with Crippen molar-refractivity contribution in [3.63, 3.8) is 0 Å². The number of halogens is 1. The Bertz CT molecular complexity index is 543. The van der Waals surface area contributed by atoms with Gasteiger partial charge in [-0.05, 0) is 0 Å². The molecule has 1 aliphatic rings. The van der Waals surface area contributed by atoms with Crippen LogP contribution in [-0.4, -0.2) is 94.0 Å². The number of aliphatic hydroxyl groups is 4. The number of carbonyl (C=O) groups is 2. The van der Waals surface area contributed by atoms with E-state index < -0.39 is 60.6 Å². The molecule has 1 fully saturated rings. The Kier molecular flexibility index (Phi) is 7.34. The van der Waals surface area contributed by atoms with Gasteiger partial charge in [-0.1, -0.05) is 0 Å². The van der Waals surface area contributed by atoms with Crippen LogP contribution in [0.25, 0.3) is 0 Å². The molecule has 1 amide bonds. The van der Waals surface area contributed by atoms with Gasteiger partial charge in [0.2, 0.25) is 5.91 Å². The van der Waals surface area contributed by atoms with Gasteiger partial charge in [0.1, 0.15) is 24.4 Å². The number of terminal acetylenes is 1. The van der Waals surface area contributed by atoms with Crippen LogP contribution in [0.4, 0.5) is 4.39 Å². The second kappa shape index (κ2) is 8.60. The van der Waals surface area contributed by atoms with Gasteiger partial charge in [0, 0.05) is 12.8 Å². The average molecular weight is 361 g/mol. The van der Waals surface area contributed by atoms with Crippen LogP contribution in [-0.2, 0) is 14.3 Å². The van der Waals surface area contributed by atoms with Gasteiger partial charge in [0.25, 0.3) is 0 Å². The summed E-state index contributed by atoms with van der Waals surface area (Å²) in [7, 11) is 0.852. The van der Waals surface area contributed by atoms with Crippen molar-refractivity contribution in [3.8, 4) is 12.3 Å². The molecule has 9 nitrogen and oxygen atoms in total. The van der Waals surface area contributed by atoms with Crippen LogP contribution < -0.4 is 5.32 Å². The van der Waals surface area contributed by atoms with Crippen molar-refractivity contribution in [1.29, 1.82) is 0 Å². The summed E-state index contributed by atoms with van der Waals surface area (Å²) in [5.41, 5.74) is -2.53. The van der Waals surface area contributed by atoms with Crippen molar-refractivity contribution in [2.24, 2.45) is 0 Å². The monoisotopic (exact) mass is 361 g/mol. The Morgan fingerprint density at radius 2 is 2.04 bits per heavy atom. The van der Waals surface area contributed by atoms with Gasteiger partial charge in [-0.3, -0.25) is 4.79 Å². The Morgan fingerprint density at radius 1 is 1.44 bits per heavy atom. The highest BCUT2D eigenvalue weighted by Crippen LogP contribution is 2.32. The van der Waals surface area contributed by atoms with Gasteiger partial charge >= 0.3 is 5.97 Å². The van der Waals surface area contributed by atoms with E-state index in [9.17, 15) is 34.4 Å². The second-order valence-corrected chi connectivity index (χ2v) is 5.92. The molecule has 25 heavy (non-hydrogen) atoms. The number of hydrogen-bond acceptors (Lipinski definition) is 7. The predicted octanol–water partition coefficient (Wildman–Crippen LogP) is -3.89. The fourth-order valence-electron chi connectivity index (χ4n) is 2.51. The molecule has 0 radical (unpaired) electrons. The molecule has 1 saturated heterocycles.